The fourth-order valence-electron chi connectivity index (χ4n) is 1.16. The number of carbonyl (C=O) groups is 1. The fraction of sp³-hybridized carbons (Fsp3) is 0.182. The average molecular weight is 261 g/mol. The molecule has 0 spiro atoms. The zero-order chi connectivity index (χ0) is 12.3. The quantitative estimate of drug-likeness (QED) is 0.672. The van der Waals surface area contributed by atoms with Crippen molar-refractivity contribution in [3.63, 3.8) is 0 Å². The topological polar surface area (TPSA) is 46.5 Å². The van der Waals surface area contributed by atoms with E-state index in [1.54, 1.807) is 18.2 Å². The third kappa shape index (κ3) is 2.55. The lowest BCUT2D eigenvalue weighted by molar-refractivity contribution is -0.137. The molecule has 0 heterocycles. The van der Waals surface area contributed by atoms with Gasteiger partial charge in [-0.1, -0.05) is 41.9 Å². The summed E-state index contributed by atoms with van der Waals surface area (Å²) in [6.07, 6.45) is -1.22. The van der Waals surface area contributed by atoms with E-state index < -0.39 is 12.1 Å². The summed E-state index contributed by atoms with van der Waals surface area (Å²) in [6.45, 7) is 3.45. The Labute approximate surface area is 103 Å². The van der Waals surface area contributed by atoms with Gasteiger partial charge in [0.2, 0.25) is 0 Å². The van der Waals surface area contributed by atoms with E-state index in [1.807, 2.05) is 0 Å². The van der Waals surface area contributed by atoms with Crippen molar-refractivity contribution in [3.05, 3.63) is 46.0 Å². The maximum Gasteiger partial charge on any atom is 0.336 e. The first kappa shape index (κ1) is 13.0. The normalized spacial score (nSPS) is 12.0. The van der Waals surface area contributed by atoms with Crippen LogP contribution in [0.1, 0.15) is 11.7 Å². The van der Waals surface area contributed by atoms with Gasteiger partial charge in [0.1, 0.15) is 6.10 Å². The van der Waals surface area contributed by atoms with Crippen LogP contribution in [0.25, 0.3) is 0 Å². The van der Waals surface area contributed by atoms with Gasteiger partial charge in [-0.3, -0.25) is 0 Å². The molecule has 1 N–H and O–H groups in total. The van der Waals surface area contributed by atoms with Gasteiger partial charge in [-0.05, 0) is 6.07 Å². The Morgan fingerprint density at radius 3 is 2.69 bits per heavy atom. The summed E-state index contributed by atoms with van der Waals surface area (Å²) < 4.78 is 4.45. The van der Waals surface area contributed by atoms with Gasteiger partial charge in [0.25, 0.3) is 0 Å². The number of ether oxygens (including phenoxy) is 1. The molecule has 0 aliphatic rings. The van der Waals surface area contributed by atoms with Gasteiger partial charge < -0.3 is 9.84 Å². The maximum absolute atomic E-state index is 11.2. The number of aliphatic hydroxyl groups excluding tert-OH is 1. The van der Waals surface area contributed by atoms with Crippen molar-refractivity contribution in [1.82, 2.24) is 0 Å². The van der Waals surface area contributed by atoms with Crippen molar-refractivity contribution in [2.24, 2.45) is 0 Å². The predicted octanol–water partition coefficient (Wildman–Crippen LogP) is 2.76. The van der Waals surface area contributed by atoms with Gasteiger partial charge in [-0.15, -0.1) is 0 Å². The van der Waals surface area contributed by atoms with E-state index in [4.69, 9.17) is 23.2 Å². The van der Waals surface area contributed by atoms with Crippen LogP contribution in [0.4, 0.5) is 0 Å². The summed E-state index contributed by atoms with van der Waals surface area (Å²) in [5.74, 6) is -0.691. The highest BCUT2D eigenvalue weighted by Gasteiger charge is 2.21. The molecule has 1 aromatic carbocycles. The second-order valence-corrected chi connectivity index (χ2v) is 3.85. The van der Waals surface area contributed by atoms with Crippen LogP contribution in [0.5, 0.6) is 0 Å². The van der Waals surface area contributed by atoms with E-state index in [0.29, 0.717) is 10.6 Å². The molecule has 86 valence electrons. The highest BCUT2D eigenvalue weighted by atomic mass is 35.5. The Hall–Kier alpha value is -1.03. The van der Waals surface area contributed by atoms with Crippen LogP contribution in [-0.4, -0.2) is 18.2 Å². The molecule has 0 aliphatic carbocycles. The molecule has 1 aromatic rings. The lowest BCUT2D eigenvalue weighted by Crippen LogP contribution is -2.12. The predicted molar refractivity (Wildman–Crippen MR) is 62.6 cm³/mol. The lowest BCUT2D eigenvalue weighted by atomic mass is 10.0. The van der Waals surface area contributed by atoms with Gasteiger partial charge in [0.05, 0.1) is 22.7 Å². The number of benzene rings is 1. The standard InChI is InChI=1S/C11H10Cl2O3/c1-6(11(15)16-2)10(14)7-4-3-5-8(12)9(7)13/h3-5,10,14H,1H2,2H3. The number of hydrogen-bond donors (Lipinski definition) is 1. The molecular weight excluding hydrogens is 251 g/mol. The van der Waals surface area contributed by atoms with E-state index in [0.717, 1.165) is 0 Å². The van der Waals surface area contributed by atoms with Crippen molar-refractivity contribution in [1.29, 1.82) is 0 Å². The first-order valence-corrected chi connectivity index (χ1v) is 5.13. The van der Waals surface area contributed by atoms with Crippen molar-refractivity contribution in [3.8, 4) is 0 Å². The highest BCUT2D eigenvalue weighted by molar-refractivity contribution is 6.42. The van der Waals surface area contributed by atoms with Crippen LogP contribution >= 0.6 is 23.2 Å². The van der Waals surface area contributed by atoms with Crippen molar-refractivity contribution in [2.75, 3.05) is 7.11 Å². The maximum atomic E-state index is 11.2. The largest absolute Gasteiger partial charge is 0.466 e. The molecule has 1 atom stereocenters. The van der Waals surface area contributed by atoms with Crippen molar-refractivity contribution in [2.45, 2.75) is 6.10 Å². The molecule has 0 radical (unpaired) electrons. The third-order valence-corrected chi connectivity index (χ3v) is 2.89. The minimum Gasteiger partial charge on any atom is -0.466 e. The molecule has 0 bridgehead atoms. The van der Waals surface area contributed by atoms with Crippen molar-refractivity contribution < 1.29 is 14.6 Å². The van der Waals surface area contributed by atoms with Gasteiger partial charge in [-0.2, -0.15) is 0 Å². The van der Waals surface area contributed by atoms with Crippen LogP contribution in [0, 0.1) is 0 Å². The molecule has 1 rings (SSSR count). The third-order valence-electron chi connectivity index (χ3n) is 2.05. The Balaban J connectivity index is 3.05. The SMILES string of the molecule is C=C(C(=O)OC)C(O)c1cccc(Cl)c1Cl. The van der Waals surface area contributed by atoms with Crippen LogP contribution in [0.3, 0.4) is 0 Å². The summed E-state index contributed by atoms with van der Waals surface area (Å²) in [6, 6.07) is 4.77. The van der Waals surface area contributed by atoms with Crippen LogP contribution < -0.4 is 0 Å². The Kier molecular flexibility index (Phi) is 4.35. The molecule has 0 saturated heterocycles. The van der Waals surface area contributed by atoms with Crippen molar-refractivity contribution >= 4 is 29.2 Å². The summed E-state index contributed by atoms with van der Waals surface area (Å²) >= 11 is 11.7. The molecule has 3 nitrogen and oxygen atoms in total. The zero-order valence-corrected chi connectivity index (χ0v) is 10.0. The molecule has 5 heteroatoms. The molecule has 0 aromatic heterocycles. The number of rotatable bonds is 3. The summed E-state index contributed by atoms with van der Waals surface area (Å²) in [4.78, 5) is 11.2. The fourth-order valence-corrected chi connectivity index (χ4v) is 1.57. The average Bonchev–Trinajstić information content (AvgIpc) is 2.29. The Bertz CT molecular complexity index is 429. The number of hydrogen-bond acceptors (Lipinski definition) is 3. The monoisotopic (exact) mass is 260 g/mol. The number of aliphatic hydroxyl groups is 1. The lowest BCUT2D eigenvalue weighted by Gasteiger charge is -2.14. The number of halogens is 2. The van der Waals surface area contributed by atoms with Crippen LogP contribution in [0.2, 0.25) is 10.0 Å². The Morgan fingerprint density at radius 2 is 2.12 bits per heavy atom. The van der Waals surface area contributed by atoms with Gasteiger partial charge >= 0.3 is 5.97 Å². The first-order valence-electron chi connectivity index (χ1n) is 4.38. The second-order valence-electron chi connectivity index (χ2n) is 3.06. The minimum absolute atomic E-state index is 0.0910. The smallest absolute Gasteiger partial charge is 0.336 e. The Morgan fingerprint density at radius 1 is 1.50 bits per heavy atom. The molecule has 0 saturated carbocycles. The van der Waals surface area contributed by atoms with E-state index in [1.165, 1.54) is 7.11 Å². The van der Waals surface area contributed by atoms with E-state index in [-0.39, 0.29) is 10.6 Å². The van der Waals surface area contributed by atoms with E-state index in [9.17, 15) is 9.90 Å². The summed E-state index contributed by atoms with van der Waals surface area (Å²) in [5.41, 5.74) is 0.233. The van der Waals surface area contributed by atoms with Crippen LogP contribution in [0.15, 0.2) is 30.4 Å². The molecule has 16 heavy (non-hydrogen) atoms. The van der Waals surface area contributed by atoms with Crippen LogP contribution in [-0.2, 0) is 9.53 Å². The first-order chi connectivity index (χ1) is 7.49. The molecule has 0 amide bonds. The summed E-state index contributed by atoms with van der Waals surface area (Å²) in [5, 5.41) is 10.4. The van der Waals surface area contributed by atoms with Gasteiger partial charge in [0, 0.05) is 5.56 Å². The highest BCUT2D eigenvalue weighted by Crippen LogP contribution is 2.32. The zero-order valence-electron chi connectivity index (χ0n) is 8.54. The molecular formula is C11H10Cl2O3. The van der Waals surface area contributed by atoms with E-state index in [2.05, 4.69) is 11.3 Å². The number of carbonyl (C=O) groups excluding carboxylic acids is 1. The molecule has 0 aliphatic heterocycles. The van der Waals surface area contributed by atoms with E-state index >= 15 is 0 Å². The minimum atomic E-state index is -1.22. The van der Waals surface area contributed by atoms with Gasteiger partial charge in [-0.25, -0.2) is 4.79 Å². The second kappa shape index (κ2) is 5.34. The number of methoxy groups -OCH3 is 1. The van der Waals surface area contributed by atoms with Gasteiger partial charge in [0.15, 0.2) is 0 Å². The summed E-state index contributed by atoms with van der Waals surface area (Å²) in [7, 11) is 1.21. The molecule has 0 fully saturated rings. The molecule has 1 unspecified atom stereocenters. The number of esters is 1.